The van der Waals surface area contributed by atoms with E-state index in [4.69, 9.17) is 14.6 Å². The Bertz CT molecular complexity index is 236. The molecular formula is C11H16O3. The summed E-state index contributed by atoms with van der Waals surface area (Å²) < 4.78 is 10.4. The smallest absolute Gasteiger partial charge is 0.147 e. The number of rotatable bonds is 6. The molecule has 0 aromatic heterocycles. The Morgan fingerprint density at radius 1 is 1.29 bits per heavy atom. The number of aliphatic hydroxyl groups excluding tert-OH is 1. The third kappa shape index (κ3) is 4.37. The topological polar surface area (TPSA) is 38.7 Å². The number of hydrogen-bond donors (Lipinski definition) is 1. The fraction of sp³-hybridized carbons (Fsp3) is 0.455. The Morgan fingerprint density at radius 2 is 2.00 bits per heavy atom. The lowest BCUT2D eigenvalue weighted by atomic mass is 10.2. The van der Waals surface area contributed by atoms with E-state index >= 15 is 0 Å². The maximum Gasteiger partial charge on any atom is 0.147 e. The van der Waals surface area contributed by atoms with Crippen molar-refractivity contribution in [3.05, 3.63) is 35.9 Å². The van der Waals surface area contributed by atoms with Gasteiger partial charge >= 0.3 is 0 Å². The van der Waals surface area contributed by atoms with Crippen LogP contribution in [0.4, 0.5) is 0 Å². The van der Waals surface area contributed by atoms with E-state index in [0.717, 1.165) is 5.56 Å². The number of aliphatic hydroxyl groups is 1. The van der Waals surface area contributed by atoms with E-state index in [-0.39, 0.29) is 19.5 Å². The lowest BCUT2D eigenvalue weighted by Gasteiger charge is -2.10. The summed E-state index contributed by atoms with van der Waals surface area (Å²) in [7, 11) is 0. The van der Waals surface area contributed by atoms with Gasteiger partial charge in [0.05, 0.1) is 19.3 Å². The average Bonchev–Trinajstić information content (AvgIpc) is 2.25. The standard InChI is InChI=1S/C11H16O3/c1-10(7-12)14-9-13-8-11-5-3-2-4-6-11/h2-6,10,12H,7-9H2,1H3/t10-/m1/s1. The zero-order chi connectivity index (χ0) is 10.2. The van der Waals surface area contributed by atoms with Crippen LogP contribution in [0.5, 0.6) is 0 Å². The van der Waals surface area contributed by atoms with Gasteiger partial charge in [0.2, 0.25) is 0 Å². The van der Waals surface area contributed by atoms with Crippen LogP contribution in [0.2, 0.25) is 0 Å². The summed E-state index contributed by atoms with van der Waals surface area (Å²) in [5.74, 6) is 0. The van der Waals surface area contributed by atoms with Gasteiger partial charge in [-0.3, -0.25) is 0 Å². The van der Waals surface area contributed by atoms with Gasteiger partial charge in [0, 0.05) is 0 Å². The Morgan fingerprint density at radius 3 is 2.64 bits per heavy atom. The summed E-state index contributed by atoms with van der Waals surface area (Å²) in [5, 5.41) is 8.67. The zero-order valence-corrected chi connectivity index (χ0v) is 8.35. The second-order valence-corrected chi connectivity index (χ2v) is 3.11. The molecule has 1 aromatic carbocycles. The summed E-state index contributed by atoms with van der Waals surface area (Å²) in [5.41, 5.74) is 1.12. The molecule has 1 aromatic rings. The summed E-state index contributed by atoms with van der Waals surface area (Å²) in [6.07, 6.45) is -0.161. The third-order valence-electron chi connectivity index (χ3n) is 1.80. The van der Waals surface area contributed by atoms with Gasteiger partial charge in [-0.15, -0.1) is 0 Å². The van der Waals surface area contributed by atoms with Crippen LogP contribution in [0, 0.1) is 0 Å². The van der Waals surface area contributed by atoms with Gasteiger partial charge < -0.3 is 14.6 Å². The van der Waals surface area contributed by atoms with E-state index in [2.05, 4.69) is 0 Å². The minimum absolute atomic E-state index is 0.0225. The molecular weight excluding hydrogens is 180 g/mol. The summed E-state index contributed by atoms with van der Waals surface area (Å²) in [6, 6.07) is 9.89. The first kappa shape index (κ1) is 11.2. The average molecular weight is 196 g/mol. The van der Waals surface area contributed by atoms with Gasteiger partial charge in [-0.2, -0.15) is 0 Å². The highest BCUT2D eigenvalue weighted by Crippen LogP contribution is 2.00. The van der Waals surface area contributed by atoms with Crippen LogP contribution in [-0.2, 0) is 16.1 Å². The molecule has 0 saturated heterocycles. The van der Waals surface area contributed by atoms with Crippen molar-refractivity contribution in [3.63, 3.8) is 0 Å². The molecule has 3 nitrogen and oxygen atoms in total. The van der Waals surface area contributed by atoms with Gasteiger partial charge in [0.1, 0.15) is 6.79 Å². The first-order valence-corrected chi connectivity index (χ1v) is 4.67. The molecule has 1 N–H and O–H groups in total. The first-order valence-electron chi connectivity index (χ1n) is 4.67. The molecule has 0 heterocycles. The number of hydrogen-bond acceptors (Lipinski definition) is 3. The fourth-order valence-electron chi connectivity index (χ4n) is 0.951. The van der Waals surface area contributed by atoms with Gasteiger partial charge in [0.15, 0.2) is 0 Å². The number of benzene rings is 1. The minimum Gasteiger partial charge on any atom is -0.394 e. The quantitative estimate of drug-likeness (QED) is 0.554. The van der Waals surface area contributed by atoms with E-state index in [1.807, 2.05) is 30.3 Å². The SMILES string of the molecule is C[C@H](CO)OCOCc1ccccc1. The molecule has 0 fully saturated rings. The van der Waals surface area contributed by atoms with Crippen molar-refractivity contribution >= 4 is 0 Å². The molecule has 0 unspecified atom stereocenters. The molecule has 0 saturated carbocycles. The van der Waals surface area contributed by atoms with Crippen LogP contribution in [-0.4, -0.2) is 24.6 Å². The molecule has 0 aliphatic carbocycles. The summed E-state index contributed by atoms with van der Waals surface area (Å²) in [4.78, 5) is 0. The van der Waals surface area contributed by atoms with Crippen molar-refractivity contribution < 1.29 is 14.6 Å². The summed E-state index contributed by atoms with van der Waals surface area (Å²) >= 11 is 0. The van der Waals surface area contributed by atoms with Crippen molar-refractivity contribution in [2.75, 3.05) is 13.4 Å². The molecule has 0 radical (unpaired) electrons. The monoisotopic (exact) mass is 196 g/mol. The van der Waals surface area contributed by atoms with E-state index in [1.165, 1.54) is 0 Å². The lowest BCUT2D eigenvalue weighted by molar-refractivity contribution is -0.102. The van der Waals surface area contributed by atoms with Crippen molar-refractivity contribution in [1.82, 2.24) is 0 Å². The van der Waals surface area contributed by atoms with E-state index in [0.29, 0.717) is 6.61 Å². The maximum atomic E-state index is 8.67. The van der Waals surface area contributed by atoms with Gasteiger partial charge in [-0.25, -0.2) is 0 Å². The van der Waals surface area contributed by atoms with Crippen LogP contribution in [0.15, 0.2) is 30.3 Å². The molecule has 0 aliphatic rings. The molecule has 1 atom stereocenters. The second kappa shape index (κ2) is 6.54. The van der Waals surface area contributed by atoms with Crippen molar-refractivity contribution in [1.29, 1.82) is 0 Å². The van der Waals surface area contributed by atoms with Crippen LogP contribution >= 0.6 is 0 Å². The van der Waals surface area contributed by atoms with Crippen molar-refractivity contribution in [2.45, 2.75) is 19.6 Å². The van der Waals surface area contributed by atoms with Crippen LogP contribution in [0.25, 0.3) is 0 Å². The Kier molecular flexibility index (Phi) is 5.22. The highest BCUT2D eigenvalue weighted by molar-refractivity contribution is 5.13. The summed E-state index contributed by atoms with van der Waals surface area (Å²) in [6.45, 7) is 2.58. The molecule has 78 valence electrons. The molecule has 14 heavy (non-hydrogen) atoms. The predicted molar refractivity (Wildman–Crippen MR) is 53.7 cm³/mol. The fourth-order valence-corrected chi connectivity index (χ4v) is 0.951. The molecule has 0 amide bonds. The van der Waals surface area contributed by atoms with Crippen molar-refractivity contribution in [2.24, 2.45) is 0 Å². The number of ether oxygens (including phenoxy) is 2. The largest absolute Gasteiger partial charge is 0.394 e. The van der Waals surface area contributed by atoms with Crippen LogP contribution in [0.3, 0.4) is 0 Å². The van der Waals surface area contributed by atoms with Crippen molar-refractivity contribution in [3.8, 4) is 0 Å². The minimum atomic E-state index is -0.161. The van der Waals surface area contributed by atoms with Gasteiger partial charge in [-0.05, 0) is 12.5 Å². The molecule has 1 rings (SSSR count). The zero-order valence-electron chi connectivity index (χ0n) is 8.35. The first-order chi connectivity index (χ1) is 6.83. The van der Waals surface area contributed by atoms with E-state index in [9.17, 15) is 0 Å². The lowest BCUT2D eigenvalue weighted by Crippen LogP contribution is -2.15. The third-order valence-corrected chi connectivity index (χ3v) is 1.80. The van der Waals surface area contributed by atoms with E-state index in [1.54, 1.807) is 6.92 Å². The molecule has 0 spiro atoms. The Hall–Kier alpha value is -0.900. The Balaban J connectivity index is 2.10. The van der Waals surface area contributed by atoms with Crippen LogP contribution < -0.4 is 0 Å². The maximum absolute atomic E-state index is 8.67. The van der Waals surface area contributed by atoms with Gasteiger partial charge in [-0.1, -0.05) is 30.3 Å². The second-order valence-electron chi connectivity index (χ2n) is 3.11. The highest BCUT2D eigenvalue weighted by Gasteiger charge is 1.98. The normalized spacial score (nSPS) is 12.7. The molecule has 0 bridgehead atoms. The van der Waals surface area contributed by atoms with Crippen LogP contribution in [0.1, 0.15) is 12.5 Å². The predicted octanol–water partition coefficient (Wildman–Crippen LogP) is 1.56. The molecule has 0 aliphatic heterocycles. The molecule has 3 heteroatoms. The van der Waals surface area contributed by atoms with Gasteiger partial charge in [0.25, 0.3) is 0 Å². The Labute approximate surface area is 84.3 Å². The van der Waals surface area contributed by atoms with E-state index < -0.39 is 0 Å². The highest BCUT2D eigenvalue weighted by atomic mass is 16.7.